The van der Waals surface area contributed by atoms with Crippen molar-refractivity contribution in [3.8, 4) is 11.1 Å². The summed E-state index contributed by atoms with van der Waals surface area (Å²) >= 11 is 0. The number of hydrogen-bond acceptors (Lipinski definition) is 4. The Balaban J connectivity index is 0.000000198. The maximum absolute atomic E-state index is 11.2. The lowest BCUT2D eigenvalue weighted by atomic mass is 10.1. The van der Waals surface area contributed by atoms with E-state index in [2.05, 4.69) is 29.6 Å². The van der Waals surface area contributed by atoms with Crippen LogP contribution in [-0.2, 0) is 14.4 Å². The first-order valence-corrected chi connectivity index (χ1v) is 6.11. The molecule has 2 amide bonds. The third-order valence-electron chi connectivity index (χ3n) is 2.97. The SMILES string of the molecule is NCC(=O)NC1CN(CC(=O)O)C1=O.c1cc2cc-2c1. The molecule has 106 valence electrons. The first-order valence-electron chi connectivity index (χ1n) is 6.11. The zero-order chi connectivity index (χ0) is 14.7. The molecule has 7 nitrogen and oxygen atoms in total. The molecule has 0 aromatic carbocycles. The molecule has 20 heavy (non-hydrogen) atoms. The lowest BCUT2D eigenvalue weighted by Gasteiger charge is -2.37. The number of rotatable bonds is 4. The van der Waals surface area contributed by atoms with Crippen molar-refractivity contribution in [2.75, 3.05) is 19.6 Å². The van der Waals surface area contributed by atoms with E-state index in [4.69, 9.17) is 10.8 Å². The molecule has 2 aliphatic carbocycles. The van der Waals surface area contributed by atoms with Gasteiger partial charge in [-0.05, 0) is 17.2 Å². The molecule has 1 heterocycles. The number of amides is 2. The van der Waals surface area contributed by atoms with Gasteiger partial charge in [0.2, 0.25) is 11.8 Å². The third kappa shape index (κ3) is 3.33. The first kappa shape index (κ1) is 14.0. The van der Waals surface area contributed by atoms with Gasteiger partial charge in [0, 0.05) is 0 Å². The van der Waals surface area contributed by atoms with E-state index in [1.165, 1.54) is 11.1 Å². The highest BCUT2D eigenvalue weighted by atomic mass is 16.4. The molecule has 3 aliphatic rings. The van der Waals surface area contributed by atoms with Gasteiger partial charge in [0.1, 0.15) is 12.6 Å². The van der Waals surface area contributed by atoms with Gasteiger partial charge in [-0.25, -0.2) is 0 Å². The van der Waals surface area contributed by atoms with E-state index < -0.39 is 17.9 Å². The number of fused-ring (bicyclic) bond motifs is 1. The Morgan fingerprint density at radius 1 is 1.40 bits per heavy atom. The number of carbonyl (C=O) groups is 3. The average Bonchev–Trinajstić information content (AvgIpc) is 3.03. The summed E-state index contributed by atoms with van der Waals surface area (Å²) in [6.45, 7) is -0.270. The zero-order valence-electron chi connectivity index (χ0n) is 10.7. The first-order chi connectivity index (χ1) is 9.51. The van der Waals surface area contributed by atoms with Gasteiger partial charge in [-0.2, -0.15) is 0 Å². The van der Waals surface area contributed by atoms with Crippen molar-refractivity contribution in [1.29, 1.82) is 0 Å². The molecule has 0 radical (unpaired) electrons. The van der Waals surface area contributed by atoms with Gasteiger partial charge in [0.15, 0.2) is 0 Å². The number of aliphatic carboxylic acids is 1. The maximum atomic E-state index is 11.2. The summed E-state index contributed by atoms with van der Waals surface area (Å²) < 4.78 is 0. The third-order valence-corrected chi connectivity index (χ3v) is 2.97. The molecule has 7 heteroatoms. The van der Waals surface area contributed by atoms with Gasteiger partial charge in [-0.15, -0.1) is 0 Å². The Morgan fingerprint density at radius 2 is 2.05 bits per heavy atom. The second kappa shape index (κ2) is 5.70. The van der Waals surface area contributed by atoms with E-state index in [-0.39, 0.29) is 25.5 Å². The topological polar surface area (TPSA) is 113 Å². The second-order valence-corrected chi connectivity index (χ2v) is 4.52. The molecule has 1 unspecified atom stereocenters. The van der Waals surface area contributed by atoms with Crippen LogP contribution in [0.1, 0.15) is 0 Å². The van der Waals surface area contributed by atoms with E-state index in [0.29, 0.717) is 0 Å². The minimum absolute atomic E-state index is 0.178. The van der Waals surface area contributed by atoms with E-state index in [1.54, 1.807) is 0 Å². The summed E-state index contributed by atoms with van der Waals surface area (Å²) in [5.74, 6) is -1.87. The molecule has 0 aromatic heterocycles. The van der Waals surface area contributed by atoms with Gasteiger partial charge in [-0.1, -0.05) is 18.2 Å². The minimum atomic E-state index is -1.07. The van der Waals surface area contributed by atoms with Crippen LogP contribution in [0.2, 0.25) is 0 Å². The summed E-state index contributed by atoms with van der Waals surface area (Å²) in [5.41, 5.74) is 7.88. The van der Waals surface area contributed by atoms with Crippen molar-refractivity contribution in [1.82, 2.24) is 10.2 Å². The Kier molecular flexibility index (Phi) is 3.99. The number of likely N-dealkylation sites (tertiary alicyclic amines) is 1. The van der Waals surface area contributed by atoms with Crippen LogP contribution in [0.15, 0.2) is 24.3 Å². The molecule has 1 atom stereocenters. The van der Waals surface area contributed by atoms with Crippen LogP contribution in [0.3, 0.4) is 0 Å². The van der Waals surface area contributed by atoms with Gasteiger partial charge in [-0.3, -0.25) is 14.4 Å². The molecule has 0 spiro atoms. The van der Waals surface area contributed by atoms with Crippen LogP contribution >= 0.6 is 0 Å². The Bertz CT molecular complexity index is 541. The predicted octanol–water partition coefficient (Wildman–Crippen LogP) is -0.976. The molecule has 0 saturated carbocycles. The fourth-order valence-electron chi connectivity index (χ4n) is 1.84. The standard InChI is InChI=1S/C7H11N3O4.C6H4/c8-1-5(11)9-4-2-10(7(4)14)3-6(12)13;1-2-5-4-6(5)3-1/h4H,1-3,8H2,(H,9,11)(H,12,13);1-4H. The number of carboxylic acid groups (broad SMARTS) is 1. The highest BCUT2D eigenvalue weighted by Gasteiger charge is 2.38. The normalized spacial score (nSPS) is 17.6. The molecule has 0 bridgehead atoms. The quantitative estimate of drug-likeness (QED) is 0.622. The van der Waals surface area contributed by atoms with E-state index in [1.807, 2.05) is 0 Å². The Labute approximate surface area is 115 Å². The summed E-state index contributed by atoms with van der Waals surface area (Å²) in [5, 5.41) is 10.8. The molecule has 3 rings (SSSR count). The highest BCUT2D eigenvalue weighted by molar-refractivity contribution is 5.94. The van der Waals surface area contributed by atoms with Crippen LogP contribution in [0, 0.1) is 0 Å². The van der Waals surface area contributed by atoms with Crippen molar-refractivity contribution in [2.45, 2.75) is 6.04 Å². The lowest BCUT2D eigenvalue weighted by Crippen LogP contribution is -2.65. The van der Waals surface area contributed by atoms with Crippen LogP contribution in [0.25, 0.3) is 11.1 Å². The number of carboxylic acids is 1. The number of nitrogens with one attached hydrogen (secondary N) is 1. The number of benzene rings is 1. The van der Waals surface area contributed by atoms with Crippen molar-refractivity contribution in [3.05, 3.63) is 24.3 Å². The molecule has 0 aromatic rings. The minimum Gasteiger partial charge on any atom is -0.480 e. The predicted molar refractivity (Wildman–Crippen MR) is 70.6 cm³/mol. The summed E-state index contributed by atoms with van der Waals surface area (Å²) in [6.07, 6.45) is 0. The maximum Gasteiger partial charge on any atom is 0.323 e. The summed E-state index contributed by atoms with van der Waals surface area (Å²) in [4.78, 5) is 33.3. The summed E-state index contributed by atoms with van der Waals surface area (Å²) in [6, 6.07) is 7.88. The molecular weight excluding hydrogens is 262 g/mol. The largest absolute Gasteiger partial charge is 0.480 e. The smallest absolute Gasteiger partial charge is 0.323 e. The van der Waals surface area contributed by atoms with Gasteiger partial charge in [0.05, 0.1) is 13.1 Å². The van der Waals surface area contributed by atoms with Crippen LogP contribution in [0.4, 0.5) is 0 Å². The highest BCUT2D eigenvalue weighted by Crippen LogP contribution is 2.32. The molecular formula is C13H15N3O4. The summed E-state index contributed by atoms with van der Waals surface area (Å²) in [7, 11) is 0. The Hall–Kier alpha value is -2.41. The van der Waals surface area contributed by atoms with Gasteiger partial charge in [0.25, 0.3) is 0 Å². The monoisotopic (exact) mass is 277 g/mol. The molecule has 4 N–H and O–H groups in total. The van der Waals surface area contributed by atoms with E-state index >= 15 is 0 Å². The number of β-lactam (4-membered cyclic amide) rings is 1. The number of nitrogens with two attached hydrogens (primary N) is 1. The molecule has 1 saturated heterocycles. The van der Waals surface area contributed by atoms with Crippen molar-refractivity contribution >= 4 is 17.8 Å². The average molecular weight is 277 g/mol. The van der Waals surface area contributed by atoms with Crippen LogP contribution in [-0.4, -0.2) is 53.5 Å². The molecule has 1 fully saturated rings. The van der Waals surface area contributed by atoms with Gasteiger partial charge >= 0.3 is 5.97 Å². The second-order valence-electron chi connectivity index (χ2n) is 4.52. The fraction of sp³-hybridized carbons (Fsp3) is 0.308. The number of hydrogen-bond donors (Lipinski definition) is 3. The van der Waals surface area contributed by atoms with Crippen LogP contribution < -0.4 is 11.1 Å². The molecule has 1 aliphatic heterocycles. The van der Waals surface area contributed by atoms with Crippen LogP contribution in [0.5, 0.6) is 0 Å². The van der Waals surface area contributed by atoms with E-state index in [0.717, 1.165) is 4.90 Å². The fourth-order valence-corrected chi connectivity index (χ4v) is 1.84. The lowest BCUT2D eigenvalue weighted by molar-refractivity contribution is -0.153. The zero-order valence-corrected chi connectivity index (χ0v) is 10.7. The number of nitrogens with zero attached hydrogens (tertiary/aromatic N) is 1. The number of carbonyl (C=O) groups excluding carboxylic acids is 2. The van der Waals surface area contributed by atoms with E-state index in [9.17, 15) is 14.4 Å². The van der Waals surface area contributed by atoms with Crippen molar-refractivity contribution < 1.29 is 19.5 Å². The van der Waals surface area contributed by atoms with Crippen molar-refractivity contribution in [3.63, 3.8) is 0 Å². The van der Waals surface area contributed by atoms with Gasteiger partial charge < -0.3 is 21.1 Å². The van der Waals surface area contributed by atoms with Crippen molar-refractivity contribution in [2.24, 2.45) is 5.73 Å². The Morgan fingerprint density at radius 3 is 2.40 bits per heavy atom.